The van der Waals surface area contributed by atoms with Crippen molar-refractivity contribution in [2.45, 2.75) is 26.9 Å². The van der Waals surface area contributed by atoms with E-state index in [-0.39, 0.29) is 19.0 Å². The van der Waals surface area contributed by atoms with Crippen LogP contribution in [0.25, 0.3) is 0 Å². The van der Waals surface area contributed by atoms with Crippen molar-refractivity contribution in [2.75, 3.05) is 16.3 Å². The van der Waals surface area contributed by atoms with E-state index in [0.717, 1.165) is 21.4 Å². The lowest BCUT2D eigenvalue weighted by atomic mass is 10.1. The Morgan fingerprint density at radius 3 is 2.28 bits per heavy atom. The van der Waals surface area contributed by atoms with Crippen LogP contribution in [0.4, 0.5) is 17.3 Å². The van der Waals surface area contributed by atoms with Gasteiger partial charge in [-0.3, -0.25) is 9.36 Å². The highest BCUT2D eigenvalue weighted by molar-refractivity contribution is 7.99. The van der Waals surface area contributed by atoms with Gasteiger partial charge in [-0.05, 0) is 36.8 Å². The molecule has 1 aromatic heterocycles. The van der Waals surface area contributed by atoms with Crippen molar-refractivity contribution in [3.05, 3.63) is 80.6 Å². The molecule has 0 aliphatic heterocycles. The van der Waals surface area contributed by atoms with Crippen LogP contribution in [0.2, 0.25) is 0 Å². The fourth-order valence-electron chi connectivity index (χ4n) is 3.02. The first-order chi connectivity index (χ1) is 15.3. The Balaban J connectivity index is 2.03. The van der Waals surface area contributed by atoms with Crippen molar-refractivity contribution in [2.24, 2.45) is 5.92 Å². The molecule has 1 heterocycles. The lowest BCUT2D eigenvalue weighted by Crippen LogP contribution is -2.44. The summed E-state index contributed by atoms with van der Waals surface area (Å²) in [4.78, 5) is 41.1. The van der Waals surface area contributed by atoms with Gasteiger partial charge in [0.15, 0.2) is 0 Å². The lowest BCUT2D eigenvalue weighted by molar-refractivity contribution is -0.141. The molecule has 0 radical (unpaired) electrons. The number of anilines is 3. The summed E-state index contributed by atoms with van der Waals surface area (Å²) in [6.07, 6.45) is 1.92. The number of carboxylic acids is 1. The van der Waals surface area contributed by atoms with Gasteiger partial charge in [-0.1, -0.05) is 48.7 Å². The molecule has 168 valence electrons. The summed E-state index contributed by atoms with van der Waals surface area (Å²) in [5, 5.41) is 12.2. The molecule has 0 aliphatic rings. The molecular weight excluding hydrogens is 430 g/mol. The number of nitrogens with one attached hydrogen (secondary N) is 2. The summed E-state index contributed by atoms with van der Waals surface area (Å²) in [6.45, 7) is 3.31. The SMILES string of the molecule is CSNc1ccc(Nc2nc(=O)n(CC(C)C(=O)O)c(=O)n2Cc2ccc(C)cc2)cc1. The maximum Gasteiger partial charge on any atom is 0.354 e. The number of benzene rings is 2. The molecule has 9 nitrogen and oxygen atoms in total. The maximum absolute atomic E-state index is 13.2. The van der Waals surface area contributed by atoms with Gasteiger partial charge in [0.25, 0.3) is 0 Å². The minimum atomic E-state index is -1.09. The van der Waals surface area contributed by atoms with Crippen LogP contribution in [0.15, 0.2) is 58.1 Å². The average molecular weight is 456 g/mol. The number of aromatic nitrogens is 3. The highest BCUT2D eigenvalue weighted by Gasteiger charge is 2.19. The van der Waals surface area contributed by atoms with E-state index in [1.165, 1.54) is 23.4 Å². The van der Waals surface area contributed by atoms with Crippen LogP contribution in [-0.2, 0) is 17.9 Å². The summed E-state index contributed by atoms with van der Waals surface area (Å²) in [7, 11) is 0. The molecule has 0 fully saturated rings. The first-order valence-electron chi connectivity index (χ1n) is 9.94. The minimum Gasteiger partial charge on any atom is -0.481 e. The molecule has 10 heteroatoms. The number of aliphatic carboxylic acids is 1. The van der Waals surface area contributed by atoms with E-state index in [1.807, 2.05) is 49.6 Å². The molecule has 0 bridgehead atoms. The van der Waals surface area contributed by atoms with Crippen molar-refractivity contribution in [3.63, 3.8) is 0 Å². The molecule has 0 saturated carbocycles. The van der Waals surface area contributed by atoms with E-state index in [0.29, 0.717) is 5.69 Å². The van der Waals surface area contributed by atoms with Crippen LogP contribution < -0.4 is 21.4 Å². The molecular formula is C22H25N5O4S. The number of hydrogen-bond acceptors (Lipinski definition) is 7. The van der Waals surface area contributed by atoms with Crippen LogP contribution >= 0.6 is 11.9 Å². The highest BCUT2D eigenvalue weighted by atomic mass is 32.2. The molecule has 0 spiro atoms. The normalized spacial score (nSPS) is 11.7. The van der Waals surface area contributed by atoms with Gasteiger partial charge in [0.1, 0.15) is 0 Å². The van der Waals surface area contributed by atoms with E-state index < -0.39 is 23.3 Å². The Labute approximate surface area is 189 Å². The molecule has 0 amide bonds. The van der Waals surface area contributed by atoms with Gasteiger partial charge in [0.2, 0.25) is 5.95 Å². The predicted molar refractivity (Wildman–Crippen MR) is 127 cm³/mol. The van der Waals surface area contributed by atoms with Crippen LogP contribution in [0, 0.1) is 12.8 Å². The molecule has 3 N–H and O–H groups in total. The minimum absolute atomic E-state index is 0.0883. The van der Waals surface area contributed by atoms with E-state index in [4.69, 9.17) is 0 Å². The highest BCUT2D eigenvalue weighted by Crippen LogP contribution is 2.19. The fourth-order valence-corrected chi connectivity index (χ4v) is 3.39. The molecule has 32 heavy (non-hydrogen) atoms. The van der Waals surface area contributed by atoms with Gasteiger partial charge in [-0.2, -0.15) is 4.98 Å². The molecule has 3 rings (SSSR count). The lowest BCUT2D eigenvalue weighted by Gasteiger charge is -2.17. The van der Waals surface area contributed by atoms with Gasteiger partial charge in [-0.15, -0.1) is 0 Å². The van der Waals surface area contributed by atoms with Gasteiger partial charge < -0.3 is 15.1 Å². The Hall–Kier alpha value is -3.53. The molecule has 0 aliphatic carbocycles. The number of hydrogen-bond donors (Lipinski definition) is 3. The van der Waals surface area contributed by atoms with Crippen molar-refractivity contribution >= 4 is 35.2 Å². The predicted octanol–water partition coefficient (Wildman–Crippen LogP) is 2.92. The van der Waals surface area contributed by atoms with Crippen LogP contribution in [-0.4, -0.2) is 31.4 Å². The van der Waals surface area contributed by atoms with E-state index in [2.05, 4.69) is 15.0 Å². The van der Waals surface area contributed by atoms with Crippen molar-refractivity contribution in [1.82, 2.24) is 14.1 Å². The largest absolute Gasteiger partial charge is 0.481 e. The first kappa shape index (κ1) is 23.1. The topological polar surface area (TPSA) is 118 Å². The second-order valence-corrected chi connectivity index (χ2v) is 8.04. The Bertz CT molecular complexity index is 1200. The molecule has 1 unspecified atom stereocenters. The quantitative estimate of drug-likeness (QED) is 0.422. The van der Waals surface area contributed by atoms with Gasteiger partial charge >= 0.3 is 17.3 Å². The summed E-state index contributed by atoms with van der Waals surface area (Å²) in [5.41, 5.74) is 2.06. The number of nitrogens with zero attached hydrogens (tertiary/aromatic N) is 3. The maximum atomic E-state index is 13.2. The third-order valence-corrected chi connectivity index (χ3v) is 5.29. The smallest absolute Gasteiger partial charge is 0.354 e. The summed E-state index contributed by atoms with van der Waals surface area (Å²) < 4.78 is 5.32. The standard InChI is InChI=1S/C22H25N5O4S/c1-14-4-6-16(7-5-14)13-26-20(23-17-8-10-18(11-9-17)25-32-3)24-21(30)27(22(26)31)12-15(2)19(28)29/h4-11,15,25H,12-13H2,1-3H3,(H,28,29)(H,23,24,30). The van der Waals surface area contributed by atoms with Crippen molar-refractivity contribution in [3.8, 4) is 0 Å². The second-order valence-electron chi connectivity index (χ2n) is 7.43. The number of rotatable bonds is 9. The third kappa shape index (κ3) is 5.58. The van der Waals surface area contributed by atoms with Crippen molar-refractivity contribution in [1.29, 1.82) is 0 Å². The zero-order valence-electron chi connectivity index (χ0n) is 18.0. The molecule has 1 atom stereocenters. The summed E-state index contributed by atoms with van der Waals surface area (Å²) in [6, 6.07) is 15.0. The monoisotopic (exact) mass is 455 g/mol. The molecule has 2 aromatic carbocycles. The molecule has 3 aromatic rings. The van der Waals surface area contributed by atoms with E-state index >= 15 is 0 Å². The number of carbonyl (C=O) groups is 1. The van der Waals surface area contributed by atoms with Gasteiger partial charge in [0.05, 0.1) is 12.5 Å². The zero-order valence-corrected chi connectivity index (χ0v) is 18.8. The van der Waals surface area contributed by atoms with Gasteiger partial charge in [0, 0.05) is 24.2 Å². The van der Waals surface area contributed by atoms with Crippen LogP contribution in [0.3, 0.4) is 0 Å². The Kier molecular flexibility index (Phi) is 7.37. The summed E-state index contributed by atoms with van der Waals surface area (Å²) in [5.74, 6) is -1.92. The van der Waals surface area contributed by atoms with Gasteiger partial charge in [-0.25, -0.2) is 14.2 Å². The number of carboxylic acid groups (broad SMARTS) is 1. The second kappa shape index (κ2) is 10.2. The number of aryl methyl sites for hydroxylation is 1. The van der Waals surface area contributed by atoms with Crippen LogP contribution in [0.5, 0.6) is 0 Å². The summed E-state index contributed by atoms with van der Waals surface area (Å²) >= 11 is 1.47. The molecule has 0 saturated heterocycles. The van der Waals surface area contributed by atoms with E-state index in [9.17, 15) is 19.5 Å². The fraction of sp³-hybridized carbons (Fsp3) is 0.273. The van der Waals surface area contributed by atoms with Crippen LogP contribution in [0.1, 0.15) is 18.1 Å². The first-order valence-corrected chi connectivity index (χ1v) is 11.2. The van der Waals surface area contributed by atoms with Crippen molar-refractivity contribution < 1.29 is 9.90 Å². The zero-order chi connectivity index (χ0) is 23.3. The third-order valence-electron chi connectivity index (χ3n) is 4.85. The Morgan fingerprint density at radius 2 is 1.69 bits per heavy atom. The average Bonchev–Trinajstić information content (AvgIpc) is 2.76. The van der Waals surface area contributed by atoms with E-state index in [1.54, 1.807) is 12.1 Å². The Morgan fingerprint density at radius 1 is 1.06 bits per heavy atom.